The van der Waals surface area contributed by atoms with Crippen molar-refractivity contribution in [1.82, 2.24) is 9.66 Å². The Morgan fingerprint density at radius 1 is 1.03 bits per heavy atom. The predicted molar refractivity (Wildman–Crippen MR) is 124 cm³/mol. The van der Waals surface area contributed by atoms with E-state index in [9.17, 15) is 18.0 Å². The lowest BCUT2D eigenvalue weighted by atomic mass is 10.1. The summed E-state index contributed by atoms with van der Waals surface area (Å²) in [6.07, 6.45) is -3.13. The number of para-hydroxylation sites is 1. The summed E-state index contributed by atoms with van der Waals surface area (Å²) in [6, 6.07) is 16.3. The van der Waals surface area contributed by atoms with Crippen molar-refractivity contribution >= 4 is 17.1 Å². The average molecular weight is 467 g/mol. The van der Waals surface area contributed by atoms with Gasteiger partial charge in [-0.15, -0.1) is 0 Å². The molecule has 4 rings (SSSR count). The normalized spacial score (nSPS) is 11.8. The van der Waals surface area contributed by atoms with E-state index < -0.39 is 17.3 Å². The number of nitrogens with zero attached hydrogens (tertiary/aromatic N) is 3. The second kappa shape index (κ2) is 9.38. The van der Waals surface area contributed by atoms with Gasteiger partial charge in [0.2, 0.25) is 0 Å². The number of halogens is 3. The standard InChI is InChI=1S/C25H20F3N3O3/c1-3-34-21-12-11-16(13-22(21)33-2)15-29-31-23(17-7-6-8-18(14-17)25(26,27)28)30-20-10-5-4-9-19(20)24(31)32/h4-15H,3H2,1-2H3. The van der Waals surface area contributed by atoms with Gasteiger partial charge in [0.05, 0.1) is 36.4 Å². The Balaban J connectivity index is 1.87. The maximum Gasteiger partial charge on any atom is 0.416 e. The van der Waals surface area contributed by atoms with Crippen LogP contribution < -0.4 is 15.0 Å². The van der Waals surface area contributed by atoms with Gasteiger partial charge in [-0.05, 0) is 55.0 Å². The van der Waals surface area contributed by atoms with Crippen LogP contribution in [0.15, 0.2) is 76.6 Å². The van der Waals surface area contributed by atoms with Crippen molar-refractivity contribution in [2.24, 2.45) is 5.10 Å². The van der Waals surface area contributed by atoms with Crippen LogP contribution in [0.5, 0.6) is 11.5 Å². The van der Waals surface area contributed by atoms with Gasteiger partial charge in [-0.2, -0.15) is 22.9 Å². The van der Waals surface area contributed by atoms with Gasteiger partial charge in [0.25, 0.3) is 5.56 Å². The van der Waals surface area contributed by atoms with Gasteiger partial charge in [-0.25, -0.2) is 4.98 Å². The topological polar surface area (TPSA) is 65.7 Å². The number of methoxy groups -OCH3 is 1. The van der Waals surface area contributed by atoms with Crippen LogP contribution in [0.2, 0.25) is 0 Å². The summed E-state index contributed by atoms with van der Waals surface area (Å²) in [5, 5.41) is 4.58. The molecule has 0 unspecified atom stereocenters. The van der Waals surface area contributed by atoms with E-state index in [2.05, 4.69) is 10.1 Å². The quantitative estimate of drug-likeness (QED) is 0.358. The first-order valence-electron chi connectivity index (χ1n) is 10.4. The van der Waals surface area contributed by atoms with Crippen molar-refractivity contribution in [3.8, 4) is 22.9 Å². The number of ether oxygens (including phenoxy) is 2. The number of rotatable bonds is 6. The lowest BCUT2D eigenvalue weighted by Gasteiger charge is -2.12. The van der Waals surface area contributed by atoms with Crippen molar-refractivity contribution in [2.75, 3.05) is 13.7 Å². The molecule has 0 N–H and O–H groups in total. The summed E-state index contributed by atoms with van der Waals surface area (Å²) in [5.41, 5.74) is -0.296. The van der Waals surface area contributed by atoms with Crippen molar-refractivity contribution in [2.45, 2.75) is 13.1 Å². The van der Waals surface area contributed by atoms with E-state index in [0.29, 0.717) is 34.6 Å². The van der Waals surface area contributed by atoms with Gasteiger partial charge in [0, 0.05) is 5.56 Å². The third-order valence-corrected chi connectivity index (χ3v) is 5.01. The maximum absolute atomic E-state index is 13.3. The first-order valence-corrected chi connectivity index (χ1v) is 10.4. The third kappa shape index (κ3) is 4.63. The van der Waals surface area contributed by atoms with Crippen molar-refractivity contribution in [3.63, 3.8) is 0 Å². The van der Waals surface area contributed by atoms with Gasteiger partial charge >= 0.3 is 6.18 Å². The molecule has 0 fully saturated rings. The highest BCUT2D eigenvalue weighted by molar-refractivity contribution is 5.82. The molecule has 0 saturated heterocycles. The van der Waals surface area contributed by atoms with Crippen LogP contribution in [0.1, 0.15) is 18.1 Å². The van der Waals surface area contributed by atoms with Crippen LogP contribution in [0, 0.1) is 0 Å². The molecule has 174 valence electrons. The minimum atomic E-state index is -4.54. The smallest absolute Gasteiger partial charge is 0.416 e. The molecule has 0 aliphatic heterocycles. The lowest BCUT2D eigenvalue weighted by molar-refractivity contribution is -0.137. The molecule has 0 spiro atoms. The maximum atomic E-state index is 13.3. The van der Waals surface area contributed by atoms with Crippen LogP contribution in [-0.2, 0) is 6.18 Å². The highest BCUT2D eigenvalue weighted by Crippen LogP contribution is 2.32. The SMILES string of the molecule is CCOc1ccc(C=Nn2c(-c3cccc(C(F)(F)F)c3)nc3ccccc3c2=O)cc1OC. The van der Waals surface area contributed by atoms with E-state index in [1.165, 1.54) is 25.5 Å². The lowest BCUT2D eigenvalue weighted by Crippen LogP contribution is -2.20. The summed E-state index contributed by atoms with van der Waals surface area (Å²) in [6.45, 7) is 2.31. The van der Waals surface area contributed by atoms with E-state index in [4.69, 9.17) is 9.47 Å². The molecular formula is C25H20F3N3O3. The molecule has 0 radical (unpaired) electrons. The Bertz CT molecular complexity index is 1430. The molecule has 0 aliphatic carbocycles. The molecule has 0 atom stereocenters. The first-order chi connectivity index (χ1) is 16.3. The fourth-order valence-electron chi connectivity index (χ4n) is 3.42. The van der Waals surface area contributed by atoms with Crippen molar-refractivity contribution in [1.29, 1.82) is 0 Å². The summed E-state index contributed by atoms with van der Waals surface area (Å²) in [4.78, 5) is 17.7. The van der Waals surface area contributed by atoms with Gasteiger partial charge in [0.1, 0.15) is 0 Å². The van der Waals surface area contributed by atoms with Crippen LogP contribution in [0.3, 0.4) is 0 Å². The molecule has 34 heavy (non-hydrogen) atoms. The number of benzene rings is 3. The fourth-order valence-corrected chi connectivity index (χ4v) is 3.42. The van der Waals surface area contributed by atoms with Crippen LogP contribution in [-0.4, -0.2) is 29.6 Å². The Kier molecular flexibility index (Phi) is 6.36. The Hall–Kier alpha value is -4.14. The summed E-state index contributed by atoms with van der Waals surface area (Å²) in [5.74, 6) is 1.02. The zero-order chi connectivity index (χ0) is 24.3. The second-order valence-electron chi connectivity index (χ2n) is 7.24. The molecule has 4 aromatic rings. The van der Waals surface area contributed by atoms with Crippen LogP contribution in [0.4, 0.5) is 13.2 Å². The zero-order valence-electron chi connectivity index (χ0n) is 18.3. The van der Waals surface area contributed by atoms with Gasteiger partial charge in [-0.3, -0.25) is 4.79 Å². The molecule has 9 heteroatoms. The minimum absolute atomic E-state index is 0.0102. The number of hydrogen-bond acceptors (Lipinski definition) is 5. The monoisotopic (exact) mass is 467 g/mol. The molecule has 3 aromatic carbocycles. The van der Waals surface area contributed by atoms with Crippen LogP contribution >= 0.6 is 0 Å². The number of fused-ring (bicyclic) bond motifs is 1. The van der Waals surface area contributed by atoms with E-state index >= 15 is 0 Å². The van der Waals surface area contributed by atoms with Gasteiger partial charge in [0.15, 0.2) is 17.3 Å². The molecule has 1 aromatic heterocycles. The van der Waals surface area contributed by atoms with Crippen molar-refractivity contribution in [3.05, 3.63) is 88.2 Å². The number of hydrogen-bond donors (Lipinski definition) is 0. The molecule has 1 heterocycles. The molecule has 6 nitrogen and oxygen atoms in total. The number of alkyl halides is 3. The average Bonchev–Trinajstić information content (AvgIpc) is 2.84. The van der Waals surface area contributed by atoms with E-state index in [0.717, 1.165) is 16.8 Å². The Morgan fingerprint density at radius 2 is 1.82 bits per heavy atom. The molecule has 0 amide bonds. The fraction of sp³-hybridized carbons (Fsp3) is 0.160. The van der Waals surface area contributed by atoms with Crippen molar-refractivity contribution < 1.29 is 22.6 Å². The minimum Gasteiger partial charge on any atom is -0.493 e. The largest absolute Gasteiger partial charge is 0.493 e. The highest BCUT2D eigenvalue weighted by Gasteiger charge is 2.31. The number of aromatic nitrogens is 2. The summed E-state index contributed by atoms with van der Waals surface area (Å²) in [7, 11) is 1.50. The third-order valence-electron chi connectivity index (χ3n) is 5.01. The van der Waals surface area contributed by atoms with E-state index in [1.807, 2.05) is 6.92 Å². The van der Waals surface area contributed by atoms with E-state index in [1.54, 1.807) is 42.5 Å². The predicted octanol–water partition coefficient (Wildman–Crippen LogP) is 5.37. The first kappa shape index (κ1) is 23.0. The van der Waals surface area contributed by atoms with E-state index in [-0.39, 0.29) is 11.4 Å². The van der Waals surface area contributed by atoms with Gasteiger partial charge in [-0.1, -0.05) is 24.3 Å². The second-order valence-corrected chi connectivity index (χ2v) is 7.24. The highest BCUT2D eigenvalue weighted by atomic mass is 19.4. The van der Waals surface area contributed by atoms with Gasteiger partial charge < -0.3 is 9.47 Å². The zero-order valence-corrected chi connectivity index (χ0v) is 18.3. The summed E-state index contributed by atoms with van der Waals surface area (Å²) < 4.78 is 51.8. The summed E-state index contributed by atoms with van der Waals surface area (Å²) >= 11 is 0. The molecule has 0 saturated carbocycles. The molecule has 0 bridgehead atoms. The Labute approximate surface area is 192 Å². The molecular weight excluding hydrogens is 447 g/mol. The molecule has 0 aliphatic rings. The van der Waals surface area contributed by atoms with Crippen LogP contribution in [0.25, 0.3) is 22.3 Å². The Morgan fingerprint density at radius 3 is 2.56 bits per heavy atom.